The second-order valence-corrected chi connectivity index (χ2v) is 3.15. The number of nitrogens with zero attached hydrogens (tertiary/aromatic N) is 2. The highest BCUT2D eigenvalue weighted by molar-refractivity contribution is 7.84. The SMILES string of the molecule is CS(=O)c1ncn[nH]1.O=C(O)C(=O)O. The molecule has 1 rings (SSSR count). The van der Waals surface area contributed by atoms with Crippen LogP contribution in [0.5, 0.6) is 0 Å². The van der Waals surface area contributed by atoms with Crippen LogP contribution in [0.25, 0.3) is 0 Å². The van der Waals surface area contributed by atoms with Crippen LogP contribution in [0.4, 0.5) is 0 Å². The predicted molar refractivity (Wildman–Crippen MR) is 44.0 cm³/mol. The maximum Gasteiger partial charge on any atom is 0.414 e. The summed E-state index contributed by atoms with van der Waals surface area (Å²) in [6.45, 7) is 0. The lowest BCUT2D eigenvalue weighted by atomic mass is 10.7. The molecule has 9 heteroatoms. The van der Waals surface area contributed by atoms with Crippen LogP contribution in [0.3, 0.4) is 0 Å². The molecule has 0 spiro atoms. The van der Waals surface area contributed by atoms with Crippen molar-refractivity contribution in [2.45, 2.75) is 5.16 Å². The highest BCUT2D eigenvalue weighted by atomic mass is 32.2. The van der Waals surface area contributed by atoms with Crippen molar-refractivity contribution >= 4 is 22.7 Å². The zero-order valence-corrected chi connectivity index (χ0v) is 7.82. The minimum Gasteiger partial charge on any atom is -0.473 e. The van der Waals surface area contributed by atoms with E-state index in [0.29, 0.717) is 5.16 Å². The fourth-order valence-electron chi connectivity index (χ4n) is 0.333. The number of rotatable bonds is 1. The van der Waals surface area contributed by atoms with Crippen LogP contribution in [-0.2, 0) is 20.4 Å². The average Bonchev–Trinajstić information content (AvgIpc) is 2.56. The van der Waals surface area contributed by atoms with Gasteiger partial charge in [-0.25, -0.2) is 14.6 Å². The van der Waals surface area contributed by atoms with E-state index in [1.54, 1.807) is 6.26 Å². The number of carbonyl (C=O) groups is 2. The molecule has 1 aromatic rings. The second-order valence-electron chi connectivity index (χ2n) is 1.86. The Bertz CT molecular complexity index is 323. The molecule has 0 aliphatic rings. The van der Waals surface area contributed by atoms with E-state index in [-0.39, 0.29) is 0 Å². The van der Waals surface area contributed by atoms with Gasteiger partial charge in [0.1, 0.15) is 6.33 Å². The molecule has 8 nitrogen and oxygen atoms in total. The molecule has 1 atom stereocenters. The third kappa shape index (κ3) is 4.98. The molecule has 0 aliphatic carbocycles. The standard InChI is InChI=1S/C3H5N3OS.C2H2O4/c1-8(7)3-4-2-5-6-3;3-1(4)2(5)6/h2H,1H3,(H,4,5,6);(H,3,4)(H,5,6). The van der Waals surface area contributed by atoms with Crippen molar-refractivity contribution in [1.29, 1.82) is 0 Å². The number of carboxylic acid groups (broad SMARTS) is 2. The molecule has 78 valence electrons. The average molecular weight is 221 g/mol. The van der Waals surface area contributed by atoms with Crippen molar-refractivity contribution in [3.05, 3.63) is 6.33 Å². The molecule has 1 heterocycles. The minimum atomic E-state index is -1.82. The molecule has 0 aliphatic heterocycles. The van der Waals surface area contributed by atoms with E-state index in [1.165, 1.54) is 6.33 Å². The molecule has 3 N–H and O–H groups in total. The Morgan fingerprint density at radius 1 is 1.43 bits per heavy atom. The summed E-state index contributed by atoms with van der Waals surface area (Å²) < 4.78 is 10.5. The molecular formula is C5H7N3O5S. The van der Waals surface area contributed by atoms with E-state index in [4.69, 9.17) is 19.8 Å². The second kappa shape index (κ2) is 5.80. The van der Waals surface area contributed by atoms with E-state index in [1.807, 2.05) is 0 Å². The van der Waals surface area contributed by atoms with E-state index < -0.39 is 22.7 Å². The summed E-state index contributed by atoms with van der Waals surface area (Å²) in [4.78, 5) is 21.8. The normalized spacial score (nSPS) is 10.9. The number of H-pyrrole nitrogens is 1. The van der Waals surface area contributed by atoms with Crippen LogP contribution >= 0.6 is 0 Å². The van der Waals surface area contributed by atoms with Gasteiger partial charge in [0.15, 0.2) is 0 Å². The zero-order chi connectivity index (χ0) is 11.1. The smallest absolute Gasteiger partial charge is 0.414 e. The molecule has 0 aromatic carbocycles. The van der Waals surface area contributed by atoms with Gasteiger partial charge in [-0.05, 0) is 0 Å². The summed E-state index contributed by atoms with van der Waals surface area (Å²) >= 11 is 0. The van der Waals surface area contributed by atoms with Gasteiger partial charge in [-0.2, -0.15) is 5.10 Å². The van der Waals surface area contributed by atoms with Crippen LogP contribution in [-0.4, -0.2) is 47.8 Å². The summed E-state index contributed by atoms with van der Waals surface area (Å²) in [5.74, 6) is -3.65. The lowest BCUT2D eigenvalue weighted by Crippen LogP contribution is -2.09. The number of hydrogen-bond donors (Lipinski definition) is 3. The van der Waals surface area contributed by atoms with Gasteiger partial charge >= 0.3 is 11.9 Å². The Balaban J connectivity index is 0.000000255. The zero-order valence-electron chi connectivity index (χ0n) is 7.00. The van der Waals surface area contributed by atoms with Gasteiger partial charge in [-0.15, -0.1) is 0 Å². The fraction of sp³-hybridized carbons (Fsp3) is 0.200. The number of aromatic amines is 1. The Morgan fingerprint density at radius 2 is 1.93 bits per heavy atom. The first-order chi connectivity index (χ1) is 6.45. The van der Waals surface area contributed by atoms with Gasteiger partial charge in [0.2, 0.25) is 5.16 Å². The summed E-state index contributed by atoms with van der Waals surface area (Å²) in [6, 6.07) is 0. The molecule has 14 heavy (non-hydrogen) atoms. The van der Waals surface area contributed by atoms with Crippen molar-refractivity contribution in [2.75, 3.05) is 6.26 Å². The van der Waals surface area contributed by atoms with E-state index >= 15 is 0 Å². The van der Waals surface area contributed by atoms with Crippen LogP contribution in [0.1, 0.15) is 0 Å². The Hall–Kier alpha value is -1.77. The Kier molecular flexibility index (Phi) is 5.07. The minimum absolute atomic E-state index is 0.421. The number of hydrogen-bond acceptors (Lipinski definition) is 5. The van der Waals surface area contributed by atoms with Crippen molar-refractivity contribution in [2.24, 2.45) is 0 Å². The lowest BCUT2D eigenvalue weighted by molar-refractivity contribution is -0.159. The maximum atomic E-state index is 10.5. The van der Waals surface area contributed by atoms with Crippen LogP contribution < -0.4 is 0 Å². The third-order valence-electron chi connectivity index (χ3n) is 0.848. The molecule has 0 saturated heterocycles. The summed E-state index contributed by atoms with van der Waals surface area (Å²) in [5, 5.41) is 21.2. The molecular weight excluding hydrogens is 214 g/mol. The number of nitrogens with one attached hydrogen (secondary N) is 1. The molecule has 0 amide bonds. The Labute approximate surface area is 80.4 Å². The van der Waals surface area contributed by atoms with Gasteiger partial charge in [-0.1, -0.05) is 0 Å². The summed E-state index contributed by atoms with van der Waals surface area (Å²) in [7, 11) is -1.03. The highest BCUT2D eigenvalue weighted by Crippen LogP contribution is 1.88. The topological polar surface area (TPSA) is 133 Å². The molecule has 0 bridgehead atoms. The first-order valence-electron chi connectivity index (χ1n) is 3.10. The first-order valence-corrected chi connectivity index (χ1v) is 4.66. The van der Waals surface area contributed by atoms with Gasteiger partial charge in [0, 0.05) is 6.26 Å². The van der Waals surface area contributed by atoms with E-state index in [2.05, 4.69) is 15.2 Å². The van der Waals surface area contributed by atoms with Gasteiger partial charge in [-0.3, -0.25) is 9.31 Å². The third-order valence-corrected chi connectivity index (χ3v) is 1.59. The van der Waals surface area contributed by atoms with Gasteiger partial charge < -0.3 is 10.2 Å². The van der Waals surface area contributed by atoms with Crippen molar-refractivity contribution in [1.82, 2.24) is 15.2 Å². The van der Waals surface area contributed by atoms with Crippen molar-refractivity contribution in [3.63, 3.8) is 0 Å². The highest BCUT2D eigenvalue weighted by Gasteiger charge is 2.04. The fourth-order valence-corrected chi connectivity index (χ4v) is 0.710. The van der Waals surface area contributed by atoms with Crippen LogP contribution in [0.15, 0.2) is 11.5 Å². The quantitative estimate of drug-likeness (QED) is 0.501. The largest absolute Gasteiger partial charge is 0.473 e. The molecule has 0 radical (unpaired) electrons. The summed E-state index contributed by atoms with van der Waals surface area (Å²) in [5.41, 5.74) is 0. The molecule has 1 aromatic heterocycles. The first kappa shape index (κ1) is 12.2. The number of aromatic nitrogens is 3. The predicted octanol–water partition coefficient (Wildman–Crippen LogP) is -1.30. The van der Waals surface area contributed by atoms with Crippen LogP contribution in [0.2, 0.25) is 0 Å². The van der Waals surface area contributed by atoms with Crippen LogP contribution in [0, 0.1) is 0 Å². The van der Waals surface area contributed by atoms with Crippen molar-refractivity contribution in [3.8, 4) is 0 Å². The molecule has 0 fully saturated rings. The Morgan fingerprint density at radius 3 is 2.07 bits per heavy atom. The lowest BCUT2D eigenvalue weighted by Gasteiger charge is -1.80. The number of aliphatic carboxylic acids is 2. The number of carboxylic acids is 2. The summed E-state index contributed by atoms with van der Waals surface area (Å²) in [6.07, 6.45) is 2.87. The monoisotopic (exact) mass is 221 g/mol. The molecule has 0 saturated carbocycles. The molecule has 1 unspecified atom stereocenters. The van der Waals surface area contributed by atoms with E-state index in [0.717, 1.165) is 0 Å². The maximum absolute atomic E-state index is 10.5. The van der Waals surface area contributed by atoms with Gasteiger partial charge in [0.25, 0.3) is 0 Å². The van der Waals surface area contributed by atoms with E-state index in [9.17, 15) is 4.21 Å². The van der Waals surface area contributed by atoms with Crippen molar-refractivity contribution < 1.29 is 24.0 Å². The van der Waals surface area contributed by atoms with Gasteiger partial charge in [0.05, 0.1) is 10.8 Å².